The van der Waals surface area contributed by atoms with Crippen LogP contribution in [0.1, 0.15) is 33.1 Å². The van der Waals surface area contributed by atoms with E-state index >= 15 is 0 Å². The van der Waals surface area contributed by atoms with Gasteiger partial charge in [-0.05, 0) is 36.3 Å². The van der Waals surface area contributed by atoms with Crippen LogP contribution in [0.3, 0.4) is 0 Å². The smallest absolute Gasteiger partial charge is 0.0746 e. The van der Waals surface area contributed by atoms with E-state index in [2.05, 4.69) is 37.1 Å². The molecular formula is C13H19N. The average Bonchev–Trinajstić information content (AvgIpc) is 2.27. The molecule has 0 bridgehead atoms. The molecule has 0 spiro atoms. The van der Waals surface area contributed by atoms with Crippen molar-refractivity contribution in [3.8, 4) is 0 Å². The van der Waals surface area contributed by atoms with Crippen LogP contribution < -0.4 is 0 Å². The Labute approximate surface area is 86.6 Å². The van der Waals surface area contributed by atoms with E-state index in [0.29, 0.717) is 6.04 Å². The van der Waals surface area contributed by atoms with Crippen molar-refractivity contribution in [2.75, 3.05) is 0 Å². The van der Waals surface area contributed by atoms with E-state index in [1.54, 1.807) is 0 Å². The molecular weight excluding hydrogens is 170 g/mol. The van der Waals surface area contributed by atoms with Crippen LogP contribution in [0.4, 0.5) is 0 Å². The molecule has 14 heavy (non-hydrogen) atoms. The number of hydrogen-bond acceptors (Lipinski definition) is 1. The minimum Gasteiger partial charge on any atom is -0.285 e. The van der Waals surface area contributed by atoms with Crippen LogP contribution in [0, 0.1) is 11.8 Å². The summed E-state index contributed by atoms with van der Waals surface area (Å²) in [6.07, 6.45) is 12.5. The Kier molecular flexibility index (Phi) is 2.85. The van der Waals surface area contributed by atoms with Gasteiger partial charge in [0.2, 0.25) is 0 Å². The van der Waals surface area contributed by atoms with Crippen LogP contribution in [-0.2, 0) is 0 Å². The first-order valence-electron chi connectivity index (χ1n) is 5.72. The predicted octanol–water partition coefficient (Wildman–Crippen LogP) is 3.38. The number of rotatable bonds is 2. The molecule has 0 aromatic carbocycles. The number of hydrogen-bond donors (Lipinski definition) is 0. The Balaban J connectivity index is 2.13. The number of nitrogens with zero attached hydrogens (tertiary/aromatic N) is 1. The van der Waals surface area contributed by atoms with Gasteiger partial charge in [0, 0.05) is 6.21 Å². The van der Waals surface area contributed by atoms with Crippen molar-refractivity contribution in [3.05, 3.63) is 23.8 Å². The van der Waals surface area contributed by atoms with E-state index < -0.39 is 0 Å². The van der Waals surface area contributed by atoms with Crippen LogP contribution in [0.15, 0.2) is 28.8 Å². The Morgan fingerprint density at radius 3 is 3.14 bits per heavy atom. The standard InChI is InChI=1S/C13H19N/c1-3-10(2)11-6-7-13-12(9-11)5-4-8-14-13/h4-5,8-11,13H,3,6-7H2,1-2H3. The molecule has 76 valence electrons. The number of dihydropyridines is 1. The van der Waals surface area contributed by atoms with Gasteiger partial charge in [-0.3, -0.25) is 4.99 Å². The van der Waals surface area contributed by atoms with Gasteiger partial charge in [-0.2, -0.15) is 0 Å². The summed E-state index contributed by atoms with van der Waals surface area (Å²) in [5, 5.41) is 0. The monoisotopic (exact) mass is 189 g/mol. The van der Waals surface area contributed by atoms with E-state index in [4.69, 9.17) is 0 Å². The molecule has 3 unspecified atom stereocenters. The van der Waals surface area contributed by atoms with Crippen molar-refractivity contribution >= 4 is 6.21 Å². The summed E-state index contributed by atoms with van der Waals surface area (Å²) in [4.78, 5) is 4.49. The van der Waals surface area contributed by atoms with Crippen molar-refractivity contribution < 1.29 is 0 Å². The molecule has 1 heterocycles. The van der Waals surface area contributed by atoms with Crippen molar-refractivity contribution in [2.24, 2.45) is 16.8 Å². The summed E-state index contributed by atoms with van der Waals surface area (Å²) in [7, 11) is 0. The quantitative estimate of drug-likeness (QED) is 0.631. The summed E-state index contributed by atoms with van der Waals surface area (Å²) in [5.41, 5.74) is 1.45. The van der Waals surface area contributed by atoms with Crippen LogP contribution in [-0.4, -0.2) is 12.3 Å². The zero-order chi connectivity index (χ0) is 9.97. The largest absolute Gasteiger partial charge is 0.285 e. The number of aliphatic imine (C=N–C) groups is 1. The Morgan fingerprint density at radius 2 is 2.36 bits per heavy atom. The van der Waals surface area contributed by atoms with Gasteiger partial charge >= 0.3 is 0 Å². The average molecular weight is 189 g/mol. The second-order valence-electron chi connectivity index (χ2n) is 4.47. The van der Waals surface area contributed by atoms with Crippen molar-refractivity contribution in [1.82, 2.24) is 0 Å². The molecule has 0 N–H and O–H groups in total. The SMILES string of the molecule is CCC(C)C1C=C2C=CC=NC2CC1. The van der Waals surface area contributed by atoms with Gasteiger partial charge < -0.3 is 0 Å². The van der Waals surface area contributed by atoms with Gasteiger partial charge in [0.25, 0.3) is 0 Å². The molecule has 0 aromatic rings. The molecule has 1 nitrogen and oxygen atoms in total. The molecule has 1 aliphatic heterocycles. The summed E-state index contributed by atoms with van der Waals surface area (Å²) in [6, 6.07) is 0.473. The van der Waals surface area contributed by atoms with E-state index in [1.165, 1.54) is 24.8 Å². The first kappa shape index (κ1) is 9.70. The maximum atomic E-state index is 4.49. The fourth-order valence-corrected chi connectivity index (χ4v) is 2.35. The normalized spacial score (nSPS) is 32.3. The molecule has 0 aromatic heterocycles. The molecule has 0 amide bonds. The molecule has 1 aliphatic carbocycles. The number of fused-ring (bicyclic) bond motifs is 1. The number of allylic oxidation sites excluding steroid dienone is 2. The fraction of sp³-hybridized carbons (Fsp3) is 0.615. The third-order valence-corrected chi connectivity index (χ3v) is 3.58. The second kappa shape index (κ2) is 4.12. The van der Waals surface area contributed by atoms with E-state index in [9.17, 15) is 0 Å². The third-order valence-electron chi connectivity index (χ3n) is 3.58. The lowest BCUT2D eigenvalue weighted by atomic mass is 9.79. The zero-order valence-electron chi connectivity index (χ0n) is 9.11. The lowest BCUT2D eigenvalue weighted by Gasteiger charge is -2.29. The Hall–Kier alpha value is -0.850. The van der Waals surface area contributed by atoms with Crippen LogP contribution in [0.25, 0.3) is 0 Å². The molecule has 2 aliphatic rings. The highest BCUT2D eigenvalue weighted by molar-refractivity contribution is 5.74. The molecule has 1 heteroatoms. The first-order chi connectivity index (χ1) is 6.81. The molecule has 0 radical (unpaired) electrons. The summed E-state index contributed by atoms with van der Waals surface area (Å²) < 4.78 is 0. The highest BCUT2D eigenvalue weighted by Crippen LogP contribution is 2.32. The predicted molar refractivity (Wildman–Crippen MR) is 61.7 cm³/mol. The minimum absolute atomic E-state index is 0.473. The highest BCUT2D eigenvalue weighted by atomic mass is 14.8. The zero-order valence-corrected chi connectivity index (χ0v) is 9.11. The van der Waals surface area contributed by atoms with Gasteiger partial charge in [-0.25, -0.2) is 0 Å². The maximum Gasteiger partial charge on any atom is 0.0746 e. The molecule has 0 saturated carbocycles. The van der Waals surface area contributed by atoms with E-state index in [0.717, 1.165) is 11.8 Å². The van der Waals surface area contributed by atoms with Gasteiger partial charge in [0.15, 0.2) is 0 Å². The van der Waals surface area contributed by atoms with E-state index in [1.807, 2.05) is 6.21 Å². The molecule has 0 fully saturated rings. The van der Waals surface area contributed by atoms with Crippen LogP contribution >= 0.6 is 0 Å². The Morgan fingerprint density at radius 1 is 1.50 bits per heavy atom. The van der Waals surface area contributed by atoms with Crippen molar-refractivity contribution in [3.63, 3.8) is 0 Å². The van der Waals surface area contributed by atoms with Crippen molar-refractivity contribution in [2.45, 2.75) is 39.2 Å². The third kappa shape index (κ3) is 1.82. The maximum absolute atomic E-state index is 4.49. The van der Waals surface area contributed by atoms with Crippen molar-refractivity contribution in [1.29, 1.82) is 0 Å². The van der Waals surface area contributed by atoms with Gasteiger partial charge in [0.1, 0.15) is 0 Å². The minimum atomic E-state index is 0.473. The lowest BCUT2D eigenvalue weighted by molar-refractivity contribution is 0.361. The topological polar surface area (TPSA) is 12.4 Å². The molecule has 2 rings (SSSR count). The van der Waals surface area contributed by atoms with Crippen LogP contribution in [0.5, 0.6) is 0 Å². The summed E-state index contributed by atoms with van der Waals surface area (Å²) >= 11 is 0. The summed E-state index contributed by atoms with van der Waals surface area (Å²) in [6.45, 7) is 4.64. The van der Waals surface area contributed by atoms with Gasteiger partial charge in [-0.15, -0.1) is 0 Å². The molecule has 3 atom stereocenters. The summed E-state index contributed by atoms with van der Waals surface area (Å²) in [5.74, 6) is 1.60. The Bertz CT molecular complexity index is 286. The lowest BCUT2D eigenvalue weighted by Crippen LogP contribution is -2.21. The highest BCUT2D eigenvalue weighted by Gasteiger charge is 2.24. The van der Waals surface area contributed by atoms with E-state index in [-0.39, 0.29) is 0 Å². The second-order valence-corrected chi connectivity index (χ2v) is 4.47. The van der Waals surface area contributed by atoms with Gasteiger partial charge in [0.05, 0.1) is 6.04 Å². The van der Waals surface area contributed by atoms with Crippen LogP contribution in [0.2, 0.25) is 0 Å². The van der Waals surface area contributed by atoms with Gasteiger partial charge in [-0.1, -0.05) is 32.4 Å². The molecule has 0 saturated heterocycles. The first-order valence-corrected chi connectivity index (χ1v) is 5.72. The fourth-order valence-electron chi connectivity index (χ4n) is 2.35.